The van der Waals surface area contributed by atoms with Crippen LogP contribution >= 0.6 is 23.8 Å². The minimum Gasteiger partial charge on any atom is -0.450 e. The fraction of sp³-hybridized carbons (Fsp3) is 0.621. The zero-order valence-electron chi connectivity index (χ0n) is 22.4. The lowest BCUT2D eigenvalue weighted by Gasteiger charge is -2.52. The maximum atomic E-state index is 7.31. The average Bonchev–Trinajstić information content (AvgIpc) is 2.76. The van der Waals surface area contributed by atoms with Crippen LogP contribution < -0.4 is 4.74 Å². The molecular formula is C29H45ClO2SSi. The maximum absolute atomic E-state index is 7.31. The molecule has 1 aromatic rings. The molecule has 0 N–H and O–H groups in total. The lowest BCUT2D eigenvalue weighted by Crippen LogP contribution is -2.54. The lowest BCUT2D eigenvalue weighted by atomic mass is 9.61. The summed E-state index contributed by atoms with van der Waals surface area (Å²) in [6.07, 6.45) is 9.37. The van der Waals surface area contributed by atoms with E-state index < -0.39 is 8.32 Å². The van der Waals surface area contributed by atoms with Gasteiger partial charge in [0.2, 0.25) is 8.32 Å². The van der Waals surface area contributed by atoms with Crippen LogP contribution in [0.5, 0.6) is 5.75 Å². The van der Waals surface area contributed by atoms with Crippen LogP contribution in [0.1, 0.15) is 74.7 Å². The monoisotopic (exact) mass is 520 g/mol. The second-order valence-corrected chi connectivity index (χ2v) is 17.5. The number of halogens is 1. The SMILES string of the molecule is C=C/C=C/[C@@]1(C)CC[C@H](O[Si](C(C)C)(C(C)C)C(C)C)[C@@H](C)[C@@H]1CC(=S)Oc1ccc(Cl)cc1. The first-order valence-corrected chi connectivity index (χ1v) is 15.7. The number of rotatable bonds is 10. The van der Waals surface area contributed by atoms with Gasteiger partial charge >= 0.3 is 0 Å². The molecule has 0 aromatic heterocycles. The molecule has 190 valence electrons. The number of thiocarbonyl (C=S) groups is 1. The van der Waals surface area contributed by atoms with Gasteiger partial charge in [-0.3, -0.25) is 0 Å². The molecule has 1 saturated carbocycles. The molecule has 1 fully saturated rings. The Kier molecular flexibility index (Phi) is 10.6. The molecular weight excluding hydrogens is 476 g/mol. The fourth-order valence-electron chi connectivity index (χ4n) is 6.37. The molecule has 1 aliphatic rings. The Balaban J connectivity index is 2.32. The summed E-state index contributed by atoms with van der Waals surface area (Å²) in [5.74, 6) is 1.42. The zero-order chi connectivity index (χ0) is 25.7. The summed E-state index contributed by atoms with van der Waals surface area (Å²) in [4.78, 5) is 0. The van der Waals surface area contributed by atoms with Gasteiger partial charge in [0.05, 0.1) is 0 Å². The van der Waals surface area contributed by atoms with E-state index >= 15 is 0 Å². The lowest BCUT2D eigenvalue weighted by molar-refractivity contribution is -0.00451. The van der Waals surface area contributed by atoms with Gasteiger partial charge in [-0.15, -0.1) is 0 Å². The third kappa shape index (κ3) is 6.63. The molecule has 0 spiro atoms. The first-order valence-electron chi connectivity index (χ1n) is 12.8. The van der Waals surface area contributed by atoms with Crippen LogP contribution in [0.4, 0.5) is 0 Å². The Morgan fingerprint density at radius 3 is 2.21 bits per heavy atom. The number of benzene rings is 1. The summed E-state index contributed by atoms with van der Waals surface area (Å²) in [6, 6.07) is 7.40. The van der Waals surface area contributed by atoms with E-state index in [-0.39, 0.29) is 11.5 Å². The number of hydrogen-bond acceptors (Lipinski definition) is 3. The van der Waals surface area contributed by atoms with E-state index in [2.05, 4.69) is 74.1 Å². The van der Waals surface area contributed by atoms with Crippen LogP contribution in [0.15, 0.2) is 49.1 Å². The standard InChI is InChI=1S/C29H45ClO2SSi/c1-10-11-17-29(9)18-16-27(32-34(20(2)3,21(4)5)22(6)7)23(8)26(29)19-28(33)31-25-14-12-24(30)13-15-25/h10-15,17,20-23,26-27H,1,16,18-19H2,2-9H3/b17-11+/t23-,26-,27-,29-/m0/s1. The Hall–Kier alpha value is -0.943. The Labute approximate surface area is 220 Å². The summed E-state index contributed by atoms with van der Waals surface area (Å²) in [7, 11) is -1.98. The molecule has 0 radical (unpaired) electrons. The van der Waals surface area contributed by atoms with E-state index in [0.717, 1.165) is 25.0 Å². The van der Waals surface area contributed by atoms with E-state index in [9.17, 15) is 0 Å². The summed E-state index contributed by atoms with van der Waals surface area (Å²) >= 11 is 11.8. The molecule has 1 aliphatic carbocycles. The van der Waals surface area contributed by atoms with Gasteiger partial charge in [-0.05, 0) is 83.2 Å². The first-order chi connectivity index (χ1) is 15.9. The smallest absolute Gasteiger partial charge is 0.200 e. The zero-order valence-corrected chi connectivity index (χ0v) is 25.0. The largest absolute Gasteiger partial charge is 0.450 e. The van der Waals surface area contributed by atoms with Crippen LogP contribution in [0.3, 0.4) is 0 Å². The number of ether oxygens (including phenoxy) is 1. The highest BCUT2D eigenvalue weighted by Gasteiger charge is 2.51. The molecule has 0 heterocycles. The van der Waals surface area contributed by atoms with Crippen molar-refractivity contribution in [3.05, 3.63) is 54.1 Å². The second kappa shape index (κ2) is 12.3. The predicted octanol–water partition coefficient (Wildman–Crippen LogP) is 9.79. The fourth-order valence-corrected chi connectivity index (χ4v) is 12.4. The molecule has 0 bridgehead atoms. The van der Waals surface area contributed by atoms with Crippen molar-refractivity contribution in [1.29, 1.82) is 0 Å². The molecule has 34 heavy (non-hydrogen) atoms. The molecule has 4 atom stereocenters. The van der Waals surface area contributed by atoms with E-state index in [1.807, 2.05) is 30.3 Å². The van der Waals surface area contributed by atoms with Crippen molar-refractivity contribution >= 4 is 37.2 Å². The van der Waals surface area contributed by atoms with Crippen molar-refractivity contribution in [2.24, 2.45) is 17.3 Å². The van der Waals surface area contributed by atoms with Crippen LogP contribution in [0.2, 0.25) is 21.6 Å². The van der Waals surface area contributed by atoms with Gasteiger partial charge in [0.1, 0.15) is 5.75 Å². The molecule has 2 nitrogen and oxygen atoms in total. The summed E-state index contributed by atoms with van der Waals surface area (Å²) in [5, 5.41) is 1.31. The predicted molar refractivity (Wildman–Crippen MR) is 155 cm³/mol. The highest BCUT2D eigenvalue weighted by molar-refractivity contribution is 7.80. The minimum absolute atomic E-state index is 0.0125. The normalized spacial score (nSPS) is 25.9. The number of allylic oxidation sites excluding steroid dienone is 3. The van der Waals surface area contributed by atoms with Gasteiger partial charge in [-0.2, -0.15) is 0 Å². The van der Waals surface area contributed by atoms with Gasteiger partial charge in [0, 0.05) is 17.5 Å². The molecule has 0 amide bonds. The summed E-state index contributed by atoms with van der Waals surface area (Å²) in [5.41, 5.74) is 1.72. The minimum atomic E-state index is -1.98. The van der Waals surface area contributed by atoms with Crippen LogP contribution in [-0.2, 0) is 4.43 Å². The van der Waals surface area contributed by atoms with Crippen molar-refractivity contribution in [2.75, 3.05) is 0 Å². The van der Waals surface area contributed by atoms with Crippen molar-refractivity contribution in [1.82, 2.24) is 0 Å². The molecule has 0 aliphatic heterocycles. The molecule has 0 unspecified atom stereocenters. The molecule has 1 aromatic carbocycles. The van der Waals surface area contributed by atoms with Crippen molar-refractivity contribution in [3.8, 4) is 5.75 Å². The summed E-state index contributed by atoms with van der Waals surface area (Å²) in [6.45, 7) is 22.8. The van der Waals surface area contributed by atoms with E-state index in [1.165, 1.54) is 0 Å². The van der Waals surface area contributed by atoms with Crippen molar-refractivity contribution in [3.63, 3.8) is 0 Å². The van der Waals surface area contributed by atoms with Gasteiger partial charge in [-0.25, -0.2) is 0 Å². The van der Waals surface area contributed by atoms with E-state index in [4.69, 9.17) is 33.0 Å². The van der Waals surface area contributed by atoms with E-state index in [0.29, 0.717) is 38.5 Å². The highest BCUT2D eigenvalue weighted by Crippen LogP contribution is 2.51. The molecule has 0 saturated heterocycles. The topological polar surface area (TPSA) is 18.5 Å². The van der Waals surface area contributed by atoms with Gasteiger partial charge in [0.25, 0.3) is 0 Å². The van der Waals surface area contributed by atoms with Crippen LogP contribution in [-0.4, -0.2) is 19.5 Å². The van der Waals surface area contributed by atoms with E-state index in [1.54, 1.807) is 0 Å². The maximum Gasteiger partial charge on any atom is 0.200 e. The third-order valence-corrected chi connectivity index (χ3v) is 14.8. The second-order valence-electron chi connectivity index (χ2n) is 11.2. The van der Waals surface area contributed by atoms with Gasteiger partial charge in [-0.1, -0.05) is 91.8 Å². The van der Waals surface area contributed by atoms with Crippen LogP contribution in [0.25, 0.3) is 0 Å². The van der Waals surface area contributed by atoms with Gasteiger partial charge < -0.3 is 9.16 Å². The third-order valence-electron chi connectivity index (χ3n) is 8.14. The van der Waals surface area contributed by atoms with Crippen molar-refractivity contribution in [2.45, 2.75) is 97.4 Å². The number of hydrogen-bond donors (Lipinski definition) is 0. The van der Waals surface area contributed by atoms with Crippen LogP contribution in [0, 0.1) is 17.3 Å². The quantitative estimate of drug-likeness (QED) is 0.174. The Bertz CT molecular complexity index is 826. The average molecular weight is 521 g/mol. The van der Waals surface area contributed by atoms with Gasteiger partial charge in [0.15, 0.2) is 5.05 Å². The first kappa shape index (κ1) is 29.3. The van der Waals surface area contributed by atoms with Crippen molar-refractivity contribution < 1.29 is 9.16 Å². The Morgan fingerprint density at radius 1 is 1.15 bits per heavy atom. The Morgan fingerprint density at radius 2 is 1.71 bits per heavy atom. The molecule has 5 heteroatoms. The summed E-state index contributed by atoms with van der Waals surface area (Å²) < 4.78 is 13.4. The highest BCUT2D eigenvalue weighted by atomic mass is 35.5. The molecule has 2 rings (SSSR count).